The van der Waals surface area contributed by atoms with E-state index in [1.54, 1.807) is 4.31 Å². The van der Waals surface area contributed by atoms with Crippen molar-refractivity contribution >= 4 is 10.0 Å². The molecule has 118 valence electrons. The fourth-order valence-electron chi connectivity index (χ4n) is 3.02. The first kappa shape index (κ1) is 16.4. The normalized spacial score (nSPS) is 20.6. The van der Waals surface area contributed by atoms with E-state index in [2.05, 4.69) is 0 Å². The molecule has 1 aromatic rings. The average Bonchev–Trinajstić information content (AvgIpc) is 2.47. The first-order chi connectivity index (χ1) is 10.0. The van der Waals surface area contributed by atoms with Crippen LogP contribution in [0.3, 0.4) is 0 Å². The molecule has 1 aliphatic rings. The highest BCUT2D eigenvalue weighted by Gasteiger charge is 2.34. The number of hydrogen-bond donors (Lipinski definition) is 1. The summed E-state index contributed by atoms with van der Waals surface area (Å²) in [6.07, 6.45) is 4.55. The summed E-state index contributed by atoms with van der Waals surface area (Å²) in [5.74, 6) is -0.553. The third kappa shape index (κ3) is 3.27. The van der Waals surface area contributed by atoms with Gasteiger partial charge in [0.05, 0.1) is 4.90 Å². The van der Waals surface area contributed by atoms with Gasteiger partial charge in [0.2, 0.25) is 10.0 Å². The standard InChI is InChI=1S/C15H23FN2O2S/c1-2-6-12-7-3-4-10-18(12)21(19,20)15-9-5-8-14(16)13(15)11-17/h5,8-9,12H,2-4,6-7,10-11,17H2,1H3. The molecule has 0 aliphatic carbocycles. The zero-order valence-corrected chi connectivity index (χ0v) is 13.2. The summed E-state index contributed by atoms with van der Waals surface area (Å²) in [5, 5.41) is 0. The van der Waals surface area contributed by atoms with Gasteiger partial charge in [-0.2, -0.15) is 4.31 Å². The van der Waals surface area contributed by atoms with E-state index in [9.17, 15) is 12.8 Å². The van der Waals surface area contributed by atoms with Crippen molar-refractivity contribution in [3.8, 4) is 0 Å². The smallest absolute Gasteiger partial charge is 0.243 e. The van der Waals surface area contributed by atoms with E-state index < -0.39 is 15.8 Å². The molecule has 1 unspecified atom stereocenters. The summed E-state index contributed by atoms with van der Waals surface area (Å²) in [5.41, 5.74) is 5.63. The van der Waals surface area contributed by atoms with Gasteiger partial charge in [-0.05, 0) is 31.4 Å². The first-order valence-electron chi connectivity index (χ1n) is 7.51. The van der Waals surface area contributed by atoms with Crippen molar-refractivity contribution in [3.05, 3.63) is 29.6 Å². The van der Waals surface area contributed by atoms with Gasteiger partial charge in [-0.15, -0.1) is 0 Å². The minimum absolute atomic E-state index is 0.0163. The molecule has 2 rings (SSSR count). The SMILES string of the molecule is CCCC1CCCCN1S(=O)(=O)c1cccc(F)c1CN. The van der Waals surface area contributed by atoms with Crippen LogP contribution in [0.15, 0.2) is 23.1 Å². The second-order valence-corrected chi connectivity index (χ2v) is 7.33. The Balaban J connectivity index is 2.43. The van der Waals surface area contributed by atoms with Crippen LogP contribution in [0.4, 0.5) is 4.39 Å². The lowest BCUT2D eigenvalue weighted by atomic mass is 10.0. The van der Waals surface area contributed by atoms with Gasteiger partial charge in [0.15, 0.2) is 0 Å². The van der Waals surface area contributed by atoms with E-state index in [0.29, 0.717) is 6.54 Å². The van der Waals surface area contributed by atoms with E-state index in [4.69, 9.17) is 5.73 Å². The number of benzene rings is 1. The van der Waals surface area contributed by atoms with Crippen LogP contribution in [0.25, 0.3) is 0 Å². The van der Waals surface area contributed by atoms with E-state index >= 15 is 0 Å². The molecule has 1 fully saturated rings. The average molecular weight is 314 g/mol. The molecule has 4 nitrogen and oxygen atoms in total. The van der Waals surface area contributed by atoms with Gasteiger partial charge in [0.1, 0.15) is 5.82 Å². The van der Waals surface area contributed by atoms with Crippen LogP contribution < -0.4 is 5.73 Å². The fourth-order valence-corrected chi connectivity index (χ4v) is 4.99. The summed E-state index contributed by atoms with van der Waals surface area (Å²) in [6.45, 7) is 2.44. The number of halogens is 1. The van der Waals surface area contributed by atoms with Crippen molar-refractivity contribution in [3.63, 3.8) is 0 Å². The van der Waals surface area contributed by atoms with Gasteiger partial charge in [-0.25, -0.2) is 12.8 Å². The summed E-state index contributed by atoms with van der Waals surface area (Å²) in [7, 11) is -3.69. The van der Waals surface area contributed by atoms with Crippen LogP contribution >= 0.6 is 0 Å². The fraction of sp³-hybridized carbons (Fsp3) is 0.600. The monoisotopic (exact) mass is 314 g/mol. The molecule has 1 saturated heterocycles. The maximum absolute atomic E-state index is 13.8. The van der Waals surface area contributed by atoms with Crippen molar-refractivity contribution in [2.75, 3.05) is 6.54 Å². The third-order valence-electron chi connectivity index (χ3n) is 4.06. The Hall–Kier alpha value is -0.980. The van der Waals surface area contributed by atoms with Gasteiger partial charge in [-0.3, -0.25) is 0 Å². The van der Waals surface area contributed by atoms with E-state index in [1.165, 1.54) is 18.2 Å². The van der Waals surface area contributed by atoms with Crippen molar-refractivity contribution in [1.29, 1.82) is 0 Å². The van der Waals surface area contributed by atoms with Crippen molar-refractivity contribution in [2.24, 2.45) is 5.73 Å². The molecule has 1 aromatic carbocycles. The van der Waals surface area contributed by atoms with Crippen LogP contribution in [-0.2, 0) is 16.6 Å². The predicted molar refractivity (Wildman–Crippen MR) is 80.7 cm³/mol. The molecule has 21 heavy (non-hydrogen) atoms. The van der Waals surface area contributed by atoms with Gasteiger partial charge in [0, 0.05) is 24.7 Å². The van der Waals surface area contributed by atoms with Gasteiger partial charge < -0.3 is 5.73 Å². The Morgan fingerprint density at radius 3 is 2.81 bits per heavy atom. The van der Waals surface area contributed by atoms with Crippen molar-refractivity contribution in [2.45, 2.75) is 56.5 Å². The predicted octanol–water partition coefficient (Wildman–Crippen LogP) is 2.63. The minimum Gasteiger partial charge on any atom is -0.326 e. The zero-order valence-electron chi connectivity index (χ0n) is 12.4. The maximum atomic E-state index is 13.8. The summed E-state index contributed by atoms with van der Waals surface area (Å²) in [6, 6.07) is 4.15. The highest BCUT2D eigenvalue weighted by molar-refractivity contribution is 7.89. The summed E-state index contributed by atoms with van der Waals surface area (Å²) < 4.78 is 41.2. The molecule has 6 heteroatoms. The molecule has 2 N–H and O–H groups in total. The van der Waals surface area contributed by atoms with Crippen LogP contribution in [0.1, 0.15) is 44.6 Å². The van der Waals surface area contributed by atoms with E-state index in [1.807, 2.05) is 6.92 Å². The molecule has 1 aliphatic heterocycles. The molecule has 0 saturated carbocycles. The largest absolute Gasteiger partial charge is 0.326 e. The second-order valence-electron chi connectivity index (χ2n) is 5.47. The number of nitrogens with zero attached hydrogens (tertiary/aromatic N) is 1. The molecule has 0 radical (unpaired) electrons. The number of hydrogen-bond acceptors (Lipinski definition) is 3. The van der Waals surface area contributed by atoms with Crippen LogP contribution in [0, 0.1) is 5.82 Å². The molecule has 0 bridgehead atoms. The Morgan fingerprint density at radius 2 is 2.14 bits per heavy atom. The number of nitrogens with two attached hydrogens (primary N) is 1. The van der Waals surface area contributed by atoms with Crippen LogP contribution in [-0.4, -0.2) is 25.3 Å². The maximum Gasteiger partial charge on any atom is 0.243 e. The lowest BCUT2D eigenvalue weighted by Crippen LogP contribution is -2.43. The van der Waals surface area contributed by atoms with E-state index in [-0.39, 0.29) is 23.0 Å². The lowest BCUT2D eigenvalue weighted by Gasteiger charge is -2.35. The van der Waals surface area contributed by atoms with Gasteiger partial charge >= 0.3 is 0 Å². The Bertz CT molecular complexity index is 587. The number of sulfonamides is 1. The summed E-state index contributed by atoms with van der Waals surface area (Å²) >= 11 is 0. The third-order valence-corrected chi connectivity index (χ3v) is 6.10. The Morgan fingerprint density at radius 1 is 1.38 bits per heavy atom. The van der Waals surface area contributed by atoms with Gasteiger partial charge in [-0.1, -0.05) is 25.8 Å². The first-order valence-corrected chi connectivity index (χ1v) is 8.95. The van der Waals surface area contributed by atoms with Gasteiger partial charge in [0.25, 0.3) is 0 Å². The lowest BCUT2D eigenvalue weighted by molar-refractivity contribution is 0.239. The minimum atomic E-state index is -3.69. The number of rotatable bonds is 5. The number of piperidine rings is 1. The Labute approximate surface area is 126 Å². The highest BCUT2D eigenvalue weighted by Crippen LogP contribution is 2.30. The molecule has 1 atom stereocenters. The quantitative estimate of drug-likeness (QED) is 0.908. The van der Waals surface area contributed by atoms with Crippen LogP contribution in [0.2, 0.25) is 0 Å². The highest BCUT2D eigenvalue weighted by atomic mass is 32.2. The van der Waals surface area contributed by atoms with Crippen molar-refractivity contribution in [1.82, 2.24) is 4.31 Å². The topological polar surface area (TPSA) is 63.4 Å². The summed E-state index contributed by atoms with van der Waals surface area (Å²) in [4.78, 5) is 0.0213. The Kier molecular flexibility index (Phi) is 5.35. The van der Waals surface area contributed by atoms with Crippen molar-refractivity contribution < 1.29 is 12.8 Å². The zero-order chi connectivity index (χ0) is 15.5. The van der Waals surface area contributed by atoms with Crippen LogP contribution in [0.5, 0.6) is 0 Å². The molecule has 0 aromatic heterocycles. The second kappa shape index (κ2) is 6.85. The molecule has 1 heterocycles. The molecule has 0 spiro atoms. The molecular weight excluding hydrogens is 291 g/mol. The van der Waals surface area contributed by atoms with E-state index in [0.717, 1.165) is 32.1 Å². The molecule has 0 amide bonds. The molecular formula is C15H23FN2O2S.